The number of pyridine rings is 1. The van der Waals surface area contributed by atoms with Gasteiger partial charge in [0.2, 0.25) is 5.82 Å². The third-order valence-electron chi connectivity index (χ3n) is 4.00. The normalized spacial score (nSPS) is 26.5. The van der Waals surface area contributed by atoms with Crippen LogP contribution in [0.5, 0.6) is 0 Å². The van der Waals surface area contributed by atoms with E-state index in [2.05, 4.69) is 20.4 Å². The van der Waals surface area contributed by atoms with Crippen LogP contribution < -0.4 is 5.32 Å². The van der Waals surface area contributed by atoms with Gasteiger partial charge in [0.1, 0.15) is 12.4 Å². The monoisotopic (exact) mass is 337 g/mol. The minimum absolute atomic E-state index is 0.0966. The lowest BCUT2D eigenvalue weighted by Gasteiger charge is -2.17. The first-order valence-corrected chi connectivity index (χ1v) is 7.31. The number of hydrogen-bond donors (Lipinski definition) is 4. The van der Waals surface area contributed by atoms with Gasteiger partial charge in [0.05, 0.1) is 12.1 Å². The van der Waals surface area contributed by atoms with E-state index >= 15 is 0 Å². The Morgan fingerprint density at radius 2 is 2.17 bits per heavy atom. The number of nitrogens with zero attached hydrogens (tertiary/aromatic N) is 4. The summed E-state index contributed by atoms with van der Waals surface area (Å²) in [5, 5.41) is 35.1. The van der Waals surface area contributed by atoms with Crippen molar-refractivity contribution in [1.82, 2.24) is 25.1 Å². The minimum Gasteiger partial charge on any atom is -0.396 e. The van der Waals surface area contributed by atoms with Crippen molar-refractivity contribution >= 4 is 5.91 Å². The van der Waals surface area contributed by atoms with Crippen molar-refractivity contribution in [1.29, 1.82) is 0 Å². The fourth-order valence-electron chi connectivity index (χ4n) is 2.70. The van der Waals surface area contributed by atoms with Crippen LogP contribution in [0.25, 0.3) is 5.82 Å². The van der Waals surface area contributed by atoms with E-state index in [1.165, 1.54) is 18.3 Å². The topological polar surface area (TPSA) is 133 Å². The number of rotatable bonds is 4. The molecule has 0 aliphatic heterocycles. The van der Waals surface area contributed by atoms with Crippen LogP contribution in [-0.2, 0) is 0 Å². The van der Waals surface area contributed by atoms with Gasteiger partial charge in [0, 0.05) is 18.7 Å². The van der Waals surface area contributed by atoms with Gasteiger partial charge in [-0.2, -0.15) is 4.68 Å². The molecule has 4 atom stereocenters. The van der Waals surface area contributed by atoms with Crippen molar-refractivity contribution < 1.29 is 24.5 Å². The lowest BCUT2D eigenvalue weighted by Crippen LogP contribution is -2.43. The van der Waals surface area contributed by atoms with Gasteiger partial charge >= 0.3 is 0 Å². The number of carbonyl (C=O) groups is 1. The van der Waals surface area contributed by atoms with Crippen LogP contribution in [0.4, 0.5) is 4.39 Å². The summed E-state index contributed by atoms with van der Waals surface area (Å²) in [6, 6.07) is 1.89. The maximum absolute atomic E-state index is 13.7. The number of aliphatic hydroxyl groups is 3. The average molecular weight is 337 g/mol. The van der Waals surface area contributed by atoms with E-state index in [0.717, 1.165) is 11.0 Å². The predicted octanol–water partition coefficient (Wildman–Crippen LogP) is -1.37. The fraction of sp³-hybridized carbons (Fsp3) is 0.429. The number of carbonyl (C=O) groups excluding carboxylic acids is 1. The molecule has 0 bridgehead atoms. The molecule has 1 saturated carbocycles. The first kappa shape index (κ1) is 16.4. The highest BCUT2D eigenvalue weighted by Gasteiger charge is 2.42. The molecule has 10 heteroatoms. The number of aliphatic hydroxyl groups excluding tert-OH is 3. The van der Waals surface area contributed by atoms with Gasteiger partial charge in [-0.3, -0.25) is 4.79 Å². The molecule has 0 spiro atoms. The maximum Gasteiger partial charge on any atom is 0.291 e. The van der Waals surface area contributed by atoms with Crippen molar-refractivity contribution in [2.45, 2.75) is 24.7 Å². The summed E-state index contributed by atoms with van der Waals surface area (Å²) in [5.74, 6) is -2.14. The van der Waals surface area contributed by atoms with Crippen LogP contribution in [0.1, 0.15) is 17.0 Å². The van der Waals surface area contributed by atoms with Crippen LogP contribution in [0.15, 0.2) is 24.7 Å². The fourth-order valence-corrected chi connectivity index (χ4v) is 2.70. The zero-order chi connectivity index (χ0) is 17.3. The Morgan fingerprint density at radius 1 is 1.38 bits per heavy atom. The molecular weight excluding hydrogens is 321 g/mol. The number of hydrogen-bond acceptors (Lipinski definition) is 7. The van der Waals surface area contributed by atoms with E-state index < -0.39 is 35.9 Å². The predicted molar refractivity (Wildman–Crippen MR) is 77.6 cm³/mol. The molecule has 24 heavy (non-hydrogen) atoms. The Labute approximate surface area is 135 Å². The summed E-state index contributed by atoms with van der Waals surface area (Å²) in [5.41, 5.74) is 0. The van der Waals surface area contributed by atoms with Gasteiger partial charge in [-0.15, -0.1) is 5.10 Å². The van der Waals surface area contributed by atoms with Crippen molar-refractivity contribution in [3.05, 3.63) is 36.3 Å². The summed E-state index contributed by atoms with van der Waals surface area (Å²) in [7, 11) is 0. The Morgan fingerprint density at radius 3 is 2.83 bits per heavy atom. The Hall–Kier alpha value is -2.43. The summed E-state index contributed by atoms with van der Waals surface area (Å²) < 4.78 is 14.7. The lowest BCUT2D eigenvalue weighted by molar-refractivity contribution is 0.0000964. The Bertz CT molecular complexity index is 739. The molecule has 1 aliphatic carbocycles. The van der Waals surface area contributed by atoms with E-state index in [1.807, 2.05) is 0 Å². The molecule has 2 aromatic heterocycles. The van der Waals surface area contributed by atoms with E-state index in [0.29, 0.717) is 0 Å². The van der Waals surface area contributed by atoms with Crippen LogP contribution >= 0.6 is 0 Å². The average Bonchev–Trinajstić information content (AvgIpc) is 3.16. The van der Waals surface area contributed by atoms with Gasteiger partial charge in [-0.25, -0.2) is 14.4 Å². The first-order chi connectivity index (χ1) is 11.5. The molecule has 1 aliphatic rings. The Balaban J connectivity index is 1.72. The second-order valence-corrected chi connectivity index (χ2v) is 5.56. The maximum atomic E-state index is 13.7. The highest BCUT2D eigenvalue weighted by Crippen LogP contribution is 2.26. The summed E-state index contributed by atoms with van der Waals surface area (Å²) in [4.78, 5) is 19.8. The molecule has 0 unspecified atom stereocenters. The van der Waals surface area contributed by atoms with E-state index in [1.54, 1.807) is 0 Å². The quantitative estimate of drug-likeness (QED) is 0.541. The largest absolute Gasteiger partial charge is 0.396 e. The van der Waals surface area contributed by atoms with Gasteiger partial charge in [-0.05, 0) is 18.6 Å². The number of nitrogens with one attached hydrogen (secondary N) is 1. The number of halogens is 1. The molecule has 3 rings (SSSR count). The van der Waals surface area contributed by atoms with Crippen LogP contribution in [0.2, 0.25) is 0 Å². The van der Waals surface area contributed by atoms with Crippen LogP contribution in [0.3, 0.4) is 0 Å². The van der Waals surface area contributed by atoms with E-state index in [4.69, 9.17) is 5.11 Å². The van der Waals surface area contributed by atoms with Crippen LogP contribution in [0, 0.1) is 11.7 Å². The molecular formula is C14H16FN5O4. The SMILES string of the molecule is O=C(N[C@H]1C[C@@H](CO)[C@H](O)[C@@H]1O)c1ncn(-c2ncccc2F)n1. The molecule has 0 saturated heterocycles. The molecule has 9 nitrogen and oxygen atoms in total. The van der Waals surface area contributed by atoms with Crippen molar-refractivity contribution in [3.63, 3.8) is 0 Å². The van der Waals surface area contributed by atoms with E-state index in [9.17, 15) is 19.4 Å². The van der Waals surface area contributed by atoms with E-state index in [-0.39, 0.29) is 24.7 Å². The summed E-state index contributed by atoms with van der Waals surface area (Å²) >= 11 is 0. The molecule has 0 aromatic carbocycles. The zero-order valence-electron chi connectivity index (χ0n) is 12.4. The lowest BCUT2D eigenvalue weighted by atomic mass is 10.1. The molecule has 1 fully saturated rings. The Kier molecular flexibility index (Phi) is 4.51. The zero-order valence-corrected chi connectivity index (χ0v) is 12.4. The van der Waals surface area contributed by atoms with Gasteiger partial charge < -0.3 is 20.6 Å². The third-order valence-corrected chi connectivity index (χ3v) is 4.00. The number of aromatic nitrogens is 4. The molecule has 0 radical (unpaired) electrons. The molecule has 2 aromatic rings. The molecule has 128 valence electrons. The van der Waals surface area contributed by atoms with Crippen LogP contribution in [-0.4, -0.2) is 65.8 Å². The van der Waals surface area contributed by atoms with Crippen molar-refractivity contribution in [2.75, 3.05) is 6.61 Å². The summed E-state index contributed by atoms with van der Waals surface area (Å²) in [6.07, 6.45) is 0.442. The molecule has 4 N–H and O–H groups in total. The number of amides is 1. The molecule has 2 heterocycles. The second-order valence-electron chi connectivity index (χ2n) is 5.56. The van der Waals surface area contributed by atoms with Crippen molar-refractivity contribution in [2.24, 2.45) is 5.92 Å². The third kappa shape index (κ3) is 2.98. The highest BCUT2D eigenvalue weighted by atomic mass is 19.1. The van der Waals surface area contributed by atoms with Crippen molar-refractivity contribution in [3.8, 4) is 5.82 Å². The minimum atomic E-state index is -1.19. The van der Waals surface area contributed by atoms with Gasteiger partial charge in [0.25, 0.3) is 5.91 Å². The smallest absolute Gasteiger partial charge is 0.291 e. The first-order valence-electron chi connectivity index (χ1n) is 7.31. The standard InChI is InChI=1S/C14H16FN5O4/c15-8-2-1-3-16-13(8)20-6-17-12(19-20)14(24)18-9-4-7(5-21)10(22)11(9)23/h1-3,6-7,9-11,21-23H,4-5H2,(H,18,24)/t7-,9-,10-,11+/m0/s1. The van der Waals surface area contributed by atoms with Gasteiger partial charge in [-0.1, -0.05) is 0 Å². The van der Waals surface area contributed by atoms with Gasteiger partial charge in [0.15, 0.2) is 11.6 Å². The second kappa shape index (κ2) is 6.59. The highest BCUT2D eigenvalue weighted by molar-refractivity contribution is 5.90. The summed E-state index contributed by atoms with van der Waals surface area (Å²) in [6.45, 7) is -0.295. The molecule has 1 amide bonds.